The first-order valence-electron chi connectivity index (χ1n) is 5.08. The summed E-state index contributed by atoms with van der Waals surface area (Å²) in [5.74, 6) is -0.806. The maximum atomic E-state index is 11.8. The van der Waals surface area contributed by atoms with E-state index < -0.39 is 26.8 Å². The molecule has 1 saturated carbocycles. The molecule has 1 aliphatic carbocycles. The summed E-state index contributed by atoms with van der Waals surface area (Å²) < 4.78 is 30.3. The second-order valence-corrected chi connectivity index (χ2v) is 6.11. The molecule has 0 amide bonds. The van der Waals surface area contributed by atoms with E-state index in [-0.39, 0.29) is 6.61 Å². The monoisotopic (exact) mass is 251 g/mol. The Morgan fingerprint density at radius 3 is 2.44 bits per heavy atom. The van der Waals surface area contributed by atoms with Gasteiger partial charge in [-0.05, 0) is 26.2 Å². The van der Waals surface area contributed by atoms with Crippen LogP contribution in [0.2, 0.25) is 0 Å². The maximum absolute atomic E-state index is 11.8. The molecule has 0 radical (unpaired) electrons. The zero-order chi connectivity index (χ0) is 12.4. The molecule has 1 atom stereocenters. The summed E-state index contributed by atoms with van der Waals surface area (Å²) in [7, 11) is -2.65. The van der Waals surface area contributed by atoms with Gasteiger partial charge in [-0.1, -0.05) is 0 Å². The number of nitrogens with one attached hydrogen (secondary N) is 1. The van der Waals surface area contributed by atoms with Gasteiger partial charge in [0, 0.05) is 0 Å². The number of carbonyl (C=O) groups excluding carboxylic acids is 1. The molecule has 7 heteroatoms. The lowest BCUT2D eigenvalue weighted by Gasteiger charge is -2.40. The quantitative estimate of drug-likeness (QED) is 0.635. The fourth-order valence-electron chi connectivity index (χ4n) is 1.58. The van der Waals surface area contributed by atoms with Crippen LogP contribution in [0.15, 0.2) is 0 Å². The Bertz CT molecular complexity index is 355. The van der Waals surface area contributed by atoms with Crippen molar-refractivity contribution < 1.29 is 23.1 Å². The van der Waals surface area contributed by atoms with Gasteiger partial charge < -0.3 is 9.84 Å². The molecule has 0 spiro atoms. The lowest BCUT2D eigenvalue weighted by atomic mass is 9.78. The summed E-state index contributed by atoms with van der Waals surface area (Å²) in [6.45, 7) is 1.01. The van der Waals surface area contributed by atoms with Crippen LogP contribution >= 0.6 is 0 Å². The molecule has 0 heterocycles. The largest absolute Gasteiger partial charge is 0.468 e. The predicted octanol–water partition coefficient (Wildman–Crippen LogP) is -0.618. The number of hydrogen-bond donors (Lipinski definition) is 2. The minimum atomic E-state index is -3.79. The standard InChI is InChI=1S/C9H17NO5S/c1-7(8(12)15-2)16(13,14)10-9(6-11)4-3-5-9/h7,10-11H,3-6H2,1-2H3. The van der Waals surface area contributed by atoms with E-state index in [1.165, 1.54) is 6.92 Å². The number of sulfonamides is 1. The molecule has 16 heavy (non-hydrogen) atoms. The average molecular weight is 251 g/mol. The SMILES string of the molecule is COC(=O)C(C)S(=O)(=O)NC1(CO)CCC1. The first kappa shape index (κ1) is 13.4. The number of carbonyl (C=O) groups is 1. The fourth-order valence-corrected chi connectivity index (χ4v) is 2.98. The van der Waals surface area contributed by atoms with E-state index >= 15 is 0 Å². The minimum Gasteiger partial charge on any atom is -0.468 e. The number of aliphatic hydroxyl groups is 1. The van der Waals surface area contributed by atoms with Gasteiger partial charge in [0.15, 0.2) is 5.25 Å². The first-order valence-corrected chi connectivity index (χ1v) is 6.63. The van der Waals surface area contributed by atoms with Gasteiger partial charge in [0.2, 0.25) is 10.0 Å². The highest BCUT2D eigenvalue weighted by molar-refractivity contribution is 7.90. The summed E-state index contributed by atoms with van der Waals surface area (Å²) in [5, 5.41) is 7.87. The van der Waals surface area contributed by atoms with E-state index in [4.69, 9.17) is 5.11 Å². The molecule has 0 saturated heterocycles. The van der Waals surface area contributed by atoms with Gasteiger partial charge in [0.05, 0.1) is 19.3 Å². The van der Waals surface area contributed by atoms with Crippen molar-refractivity contribution in [2.45, 2.75) is 37.0 Å². The van der Waals surface area contributed by atoms with Gasteiger partial charge in [-0.2, -0.15) is 0 Å². The molecule has 0 aromatic heterocycles. The summed E-state index contributed by atoms with van der Waals surface area (Å²) in [5.41, 5.74) is -0.777. The predicted molar refractivity (Wildman–Crippen MR) is 57.2 cm³/mol. The molecular formula is C9H17NO5S. The lowest BCUT2D eigenvalue weighted by molar-refractivity contribution is -0.139. The van der Waals surface area contributed by atoms with Crippen molar-refractivity contribution in [2.75, 3.05) is 13.7 Å². The van der Waals surface area contributed by atoms with E-state index in [1.54, 1.807) is 0 Å². The van der Waals surface area contributed by atoms with Crippen molar-refractivity contribution in [1.29, 1.82) is 0 Å². The van der Waals surface area contributed by atoms with Crippen LogP contribution in [0.25, 0.3) is 0 Å². The van der Waals surface area contributed by atoms with Crippen molar-refractivity contribution in [2.24, 2.45) is 0 Å². The highest BCUT2D eigenvalue weighted by Crippen LogP contribution is 2.32. The van der Waals surface area contributed by atoms with Crippen molar-refractivity contribution in [3.63, 3.8) is 0 Å². The van der Waals surface area contributed by atoms with Crippen LogP contribution in [-0.4, -0.2) is 44.0 Å². The van der Waals surface area contributed by atoms with Crippen molar-refractivity contribution in [3.05, 3.63) is 0 Å². The molecule has 94 valence electrons. The molecule has 0 aromatic carbocycles. The van der Waals surface area contributed by atoms with Crippen molar-refractivity contribution in [1.82, 2.24) is 4.72 Å². The van der Waals surface area contributed by atoms with E-state index in [1.807, 2.05) is 0 Å². The third-order valence-corrected chi connectivity index (χ3v) is 4.81. The number of ether oxygens (including phenoxy) is 1. The maximum Gasteiger partial charge on any atom is 0.325 e. The lowest BCUT2D eigenvalue weighted by Crippen LogP contribution is -2.58. The van der Waals surface area contributed by atoms with Crippen LogP contribution in [0.3, 0.4) is 0 Å². The number of hydrogen-bond acceptors (Lipinski definition) is 5. The Morgan fingerprint density at radius 2 is 2.12 bits per heavy atom. The van der Waals surface area contributed by atoms with Crippen LogP contribution in [0.5, 0.6) is 0 Å². The zero-order valence-corrected chi connectivity index (χ0v) is 10.2. The van der Waals surface area contributed by atoms with Gasteiger partial charge in [-0.25, -0.2) is 13.1 Å². The molecule has 1 fully saturated rings. The second-order valence-electron chi connectivity index (χ2n) is 4.10. The normalized spacial score (nSPS) is 20.9. The Morgan fingerprint density at radius 1 is 1.56 bits per heavy atom. The smallest absolute Gasteiger partial charge is 0.325 e. The van der Waals surface area contributed by atoms with Crippen molar-refractivity contribution >= 4 is 16.0 Å². The second kappa shape index (κ2) is 4.68. The van der Waals surface area contributed by atoms with E-state index in [9.17, 15) is 13.2 Å². The third kappa shape index (κ3) is 2.53. The van der Waals surface area contributed by atoms with Crippen LogP contribution in [0.4, 0.5) is 0 Å². The Labute approximate surface area is 95.0 Å². The highest BCUT2D eigenvalue weighted by atomic mass is 32.2. The minimum absolute atomic E-state index is 0.250. The van der Waals surface area contributed by atoms with Gasteiger partial charge in [-0.15, -0.1) is 0 Å². The molecular weight excluding hydrogens is 234 g/mol. The highest BCUT2D eigenvalue weighted by Gasteiger charge is 2.42. The van der Waals surface area contributed by atoms with Crippen LogP contribution < -0.4 is 4.72 Å². The molecule has 1 aliphatic rings. The Hall–Kier alpha value is -0.660. The molecule has 0 aliphatic heterocycles. The summed E-state index contributed by atoms with van der Waals surface area (Å²) in [6.07, 6.45) is 2.06. The van der Waals surface area contributed by atoms with Gasteiger partial charge >= 0.3 is 5.97 Å². The van der Waals surface area contributed by atoms with Crippen LogP contribution in [0.1, 0.15) is 26.2 Å². The summed E-state index contributed by atoms with van der Waals surface area (Å²) in [6, 6.07) is 0. The fraction of sp³-hybridized carbons (Fsp3) is 0.889. The van der Waals surface area contributed by atoms with Crippen LogP contribution in [-0.2, 0) is 19.6 Å². The Kier molecular flexibility index (Phi) is 3.92. The van der Waals surface area contributed by atoms with Gasteiger partial charge in [0.25, 0.3) is 0 Å². The molecule has 6 nitrogen and oxygen atoms in total. The molecule has 1 unspecified atom stereocenters. The summed E-state index contributed by atoms with van der Waals surface area (Å²) in [4.78, 5) is 11.1. The van der Waals surface area contributed by atoms with Crippen molar-refractivity contribution in [3.8, 4) is 0 Å². The zero-order valence-electron chi connectivity index (χ0n) is 9.39. The first-order chi connectivity index (χ1) is 7.37. The summed E-state index contributed by atoms with van der Waals surface area (Å²) >= 11 is 0. The van der Waals surface area contributed by atoms with Crippen LogP contribution in [0, 0.1) is 0 Å². The number of aliphatic hydroxyl groups excluding tert-OH is 1. The average Bonchev–Trinajstić information content (AvgIpc) is 2.21. The number of esters is 1. The van der Waals surface area contributed by atoms with Gasteiger partial charge in [-0.3, -0.25) is 4.79 Å². The molecule has 0 bridgehead atoms. The van der Waals surface area contributed by atoms with E-state index in [0.717, 1.165) is 13.5 Å². The molecule has 2 N–H and O–H groups in total. The topological polar surface area (TPSA) is 92.7 Å². The number of rotatable bonds is 5. The molecule has 0 aromatic rings. The van der Waals surface area contributed by atoms with E-state index in [0.29, 0.717) is 12.8 Å². The number of methoxy groups -OCH3 is 1. The van der Waals surface area contributed by atoms with Gasteiger partial charge in [0.1, 0.15) is 0 Å². The van der Waals surface area contributed by atoms with E-state index in [2.05, 4.69) is 9.46 Å². The molecule has 1 rings (SSSR count). The third-order valence-electron chi connectivity index (χ3n) is 2.97. The Balaban J connectivity index is 2.75.